The van der Waals surface area contributed by atoms with Crippen LogP contribution in [0.5, 0.6) is 5.75 Å². The third-order valence-electron chi connectivity index (χ3n) is 6.23. The molecule has 37 heavy (non-hydrogen) atoms. The lowest BCUT2D eigenvalue weighted by molar-refractivity contribution is -0.124. The van der Waals surface area contributed by atoms with Crippen molar-refractivity contribution >= 4 is 23.8 Å². The summed E-state index contributed by atoms with van der Waals surface area (Å²) in [7, 11) is 0. The second-order valence-electron chi connectivity index (χ2n) is 10.4. The fraction of sp³-hybridized carbons (Fsp3) is 0.464. The molecule has 2 heterocycles. The maximum Gasteiger partial charge on any atom is 0.410 e. The highest BCUT2D eigenvalue weighted by Crippen LogP contribution is 2.24. The number of piperidine rings is 1. The Labute approximate surface area is 217 Å². The number of hydrogen-bond acceptors (Lipinski definition) is 6. The number of anilines is 1. The van der Waals surface area contributed by atoms with E-state index in [1.165, 1.54) is 4.90 Å². The maximum absolute atomic E-state index is 12.6. The number of rotatable bonds is 6. The molecule has 0 saturated carbocycles. The lowest BCUT2D eigenvalue weighted by Crippen LogP contribution is -2.54. The quantitative estimate of drug-likeness (QED) is 0.608. The van der Waals surface area contributed by atoms with Crippen LogP contribution in [-0.2, 0) is 20.9 Å². The van der Waals surface area contributed by atoms with Crippen LogP contribution in [0.15, 0.2) is 54.6 Å². The Kier molecular flexibility index (Phi) is 8.21. The Morgan fingerprint density at radius 1 is 0.892 bits per heavy atom. The van der Waals surface area contributed by atoms with Gasteiger partial charge in [0.1, 0.15) is 24.1 Å². The zero-order valence-corrected chi connectivity index (χ0v) is 21.6. The standard InChI is InChI=1S/C28H35N3O6/c1-28(2,3)37-27(34)30-15-13-24(14-16-30)36-23-11-9-22(10-12-23)29-25(32)21-17-31(18-21)26(33)35-19-20-7-5-4-6-8-20/h4-12,21,24H,13-19H2,1-3H3,(H,29,32). The molecule has 0 bridgehead atoms. The monoisotopic (exact) mass is 509 g/mol. The lowest BCUT2D eigenvalue weighted by Gasteiger charge is -2.37. The van der Waals surface area contributed by atoms with Crippen LogP contribution in [0.25, 0.3) is 0 Å². The Bertz CT molecular complexity index is 1070. The first-order valence-electron chi connectivity index (χ1n) is 12.7. The summed E-state index contributed by atoms with van der Waals surface area (Å²) in [6, 6.07) is 16.7. The van der Waals surface area contributed by atoms with E-state index in [2.05, 4.69) is 5.32 Å². The van der Waals surface area contributed by atoms with Crippen molar-refractivity contribution in [2.45, 2.75) is 51.9 Å². The molecule has 0 radical (unpaired) electrons. The molecule has 0 aromatic heterocycles. The van der Waals surface area contributed by atoms with Crippen molar-refractivity contribution in [1.82, 2.24) is 9.80 Å². The first-order valence-corrected chi connectivity index (χ1v) is 12.7. The number of nitrogens with one attached hydrogen (secondary N) is 1. The van der Waals surface area contributed by atoms with Crippen LogP contribution in [-0.4, -0.2) is 65.8 Å². The molecule has 2 fully saturated rings. The molecule has 0 atom stereocenters. The van der Waals surface area contributed by atoms with Gasteiger partial charge in [0.25, 0.3) is 0 Å². The van der Waals surface area contributed by atoms with Gasteiger partial charge in [-0.2, -0.15) is 0 Å². The average molecular weight is 510 g/mol. The summed E-state index contributed by atoms with van der Waals surface area (Å²) in [5.41, 5.74) is 1.08. The summed E-state index contributed by atoms with van der Waals surface area (Å²) in [6.07, 6.45) is 0.769. The van der Waals surface area contributed by atoms with Gasteiger partial charge in [0, 0.05) is 44.7 Å². The van der Waals surface area contributed by atoms with Gasteiger partial charge in [-0.15, -0.1) is 0 Å². The lowest BCUT2D eigenvalue weighted by atomic mass is 10.00. The molecule has 3 amide bonds. The van der Waals surface area contributed by atoms with Gasteiger partial charge in [-0.1, -0.05) is 30.3 Å². The molecule has 0 aliphatic carbocycles. The van der Waals surface area contributed by atoms with E-state index in [0.29, 0.717) is 37.6 Å². The van der Waals surface area contributed by atoms with Gasteiger partial charge in [-0.05, 0) is 50.6 Å². The average Bonchev–Trinajstić information content (AvgIpc) is 2.83. The zero-order valence-electron chi connectivity index (χ0n) is 21.6. The van der Waals surface area contributed by atoms with Gasteiger partial charge in [-0.25, -0.2) is 9.59 Å². The smallest absolute Gasteiger partial charge is 0.410 e. The highest BCUT2D eigenvalue weighted by Gasteiger charge is 2.36. The molecular formula is C28H35N3O6. The summed E-state index contributed by atoms with van der Waals surface area (Å²) < 4.78 is 16.8. The van der Waals surface area contributed by atoms with Crippen molar-refractivity contribution < 1.29 is 28.6 Å². The van der Waals surface area contributed by atoms with Gasteiger partial charge >= 0.3 is 12.2 Å². The molecule has 1 N–H and O–H groups in total. The van der Waals surface area contributed by atoms with Crippen molar-refractivity contribution in [2.75, 3.05) is 31.5 Å². The van der Waals surface area contributed by atoms with Gasteiger partial charge in [-0.3, -0.25) is 4.79 Å². The number of hydrogen-bond donors (Lipinski definition) is 1. The minimum Gasteiger partial charge on any atom is -0.490 e. The van der Waals surface area contributed by atoms with E-state index in [1.807, 2.05) is 63.2 Å². The first kappa shape index (κ1) is 26.3. The molecule has 2 saturated heterocycles. The van der Waals surface area contributed by atoms with Crippen LogP contribution in [0.2, 0.25) is 0 Å². The van der Waals surface area contributed by atoms with Crippen molar-refractivity contribution in [3.8, 4) is 5.75 Å². The van der Waals surface area contributed by atoms with E-state index in [1.54, 1.807) is 17.0 Å². The summed E-state index contributed by atoms with van der Waals surface area (Å²) >= 11 is 0. The van der Waals surface area contributed by atoms with Crippen LogP contribution >= 0.6 is 0 Å². The Balaban J connectivity index is 1.15. The van der Waals surface area contributed by atoms with E-state index >= 15 is 0 Å². The fourth-order valence-electron chi connectivity index (χ4n) is 4.14. The molecule has 9 nitrogen and oxygen atoms in total. The minimum absolute atomic E-state index is 0.0155. The van der Waals surface area contributed by atoms with Gasteiger partial charge in [0.2, 0.25) is 5.91 Å². The summed E-state index contributed by atoms with van der Waals surface area (Å²) in [5, 5.41) is 2.90. The highest BCUT2D eigenvalue weighted by molar-refractivity contribution is 5.94. The van der Waals surface area contributed by atoms with Gasteiger partial charge < -0.3 is 29.3 Å². The zero-order chi connectivity index (χ0) is 26.4. The predicted molar refractivity (Wildman–Crippen MR) is 138 cm³/mol. The Hall–Kier alpha value is -3.75. The number of likely N-dealkylation sites (tertiary alicyclic amines) is 2. The molecule has 198 valence electrons. The van der Waals surface area contributed by atoms with E-state index in [-0.39, 0.29) is 30.6 Å². The molecule has 2 aliphatic heterocycles. The first-order chi connectivity index (χ1) is 17.7. The molecule has 2 aromatic carbocycles. The van der Waals surface area contributed by atoms with E-state index < -0.39 is 11.7 Å². The second-order valence-corrected chi connectivity index (χ2v) is 10.4. The Morgan fingerprint density at radius 3 is 2.16 bits per heavy atom. The predicted octanol–water partition coefficient (Wildman–Crippen LogP) is 4.67. The number of carbonyl (C=O) groups excluding carboxylic acids is 3. The number of ether oxygens (including phenoxy) is 3. The van der Waals surface area contributed by atoms with Crippen molar-refractivity contribution in [3.05, 3.63) is 60.2 Å². The normalized spacial score (nSPS) is 16.5. The molecule has 2 aromatic rings. The number of carbonyl (C=O) groups is 3. The third kappa shape index (κ3) is 7.62. The van der Waals surface area contributed by atoms with Crippen molar-refractivity contribution in [3.63, 3.8) is 0 Å². The van der Waals surface area contributed by atoms with Crippen LogP contribution < -0.4 is 10.1 Å². The topological polar surface area (TPSA) is 97.4 Å². The van der Waals surface area contributed by atoms with Gasteiger partial charge in [0.15, 0.2) is 0 Å². The molecule has 2 aliphatic rings. The Morgan fingerprint density at radius 2 is 1.54 bits per heavy atom. The number of nitrogens with zero attached hydrogens (tertiary/aromatic N) is 2. The van der Waals surface area contributed by atoms with Crippen molar-refractivity contribution in [1.29, 1.82) is 0 Å². The maximum atomic E-state index is 12.6. The van der Waals surface area contributed by atoms with E-state index in [0.717, 1.165) is 18.4 Å². The van der Waals surface area contributed by atoms with E-state index in [4.69, 9.17) is 14.2 Å². The molecular weight excluding hydrogens is 474 g/mol. The summed E-state index contributed by atoms with van der Waals surface area (Å²) in [4.78, 5) is 40.2. The number of benzene rings is 2. The minimum atomic E-state index is -0.506. The van der Waals surface area contributed by atoms with Crippen molar-refractivity contribution in [2.24, 2.45) is 5.92 Å². The van der Waals surface area contributed by atoms with E-state index in [9.17, 15) is 14.4 Å². The van der Waals surface area contributed by atoms with Crippen LogP contribution in [0.1, 0.15) is 39.2 Å². The molecule has 9 heteroatoms. The van der Waals surface area contributed by atoms with Crippen LogP contribution in [0.4, 0.5) is 15.3 Å². The summed E-state index contributed by atoms with van der Waals surface area (Å²) in [6.45, 7) is 7.64. The third-order valence-corrected chi connectivity index (χ3v) is 6.23. The largest absolute Gasteiger partial charge is 0.490 e. The second kappa shape index (κ2) is 11.5. The fourth-order valence-corrected chi connectivity index (χ4v) is 4.14. The molecule has 4 rings (SSSR count). The van der Waals surface area contributed by atoms with Crippen LogP contribution in [0, 0.1) is 5.92 Å². The van der Waals surface area contributed by atoms with Gasteiger partial charge in [0.05, 0.1) is 5.92 Å². The molecule has 0 spiro atoms. The number of amides is 3. The van der Waals surface area contributed by atoms with Crippen LogP contribution in [0.3, 0.4) is 0 Å². The highest BCUT2D eigenvalue weighted by atomic mass is 16.6. The summed E-state index contributed by atoms with van der Waals surface area (Å²) in [5.74, 6) is 0.315. The SMILES string of the molecule is CC(C)(C)OC(=O)N1CCC(Oc2ccc(NC(=O)C3CN(C(=O)OCc4ccccc4)C3)cc2)CC1. The molecule has 0 unspecified atom stereocenters.